The van der Waals surface area contributed by atoms with Crippen molar-refractivity contribution in [2.45, 2.75) is 32.0 Å². The number of nitriles is 3. The van der Waals surface area contributed by atoms with Crippen LogP contribution in [0.3, 0.4) is 0 Å². The van der Waals surface area contributed by atoms with E-state index >= 15 is 4.39 Å². The average molecular weight is 467 g/mol. The minimum Gasteiger partial charge on any atom is -0.298 e. The van der Waals surface area contributed by atoms with Crippen LogP contribution in [0.1, 0.15) is 47.6 Å². The van der Waals surface area contributed by atoms with Crippen LogP contribution in [0, 0.1) is 45.7 Å². The van der Waals surface area contributed by atoms with Crippen molar-refractivity contribution in [3.05, 3.63) is 94.3 Å². The summed E-state index contributed by atoms with van der Waals surface area (Å²) in [6, 6.07) is 23.1. The summed E-state index contributed by atoms with van der Waals surface area (Å²) >= 11 is 0. The zero-order valence-electron chi connectivity index (χ0n) is 19.6. The topological polar surface area (TPSA) is 74.6 Å². The van der Waals surface area contributed by atoms with Crippen molar-refractivity contribution in [1.82, 2.24) is 4.90 Å². The van der Waals surface area contributed by atoms with E-state index in [4.69, 9.17) is 0 Å². The lowest BCUT2D eigenvalue weighted by Gasteiger charge is -2.47. The highest BCUT2D eigenvalue weighted by atomic mass is 19.1. The number of alkyl halides is 1. The molecule has 1 unspecified atom stereocenters. The largest absolute Gasteiger partial charge is 0.298 e. The lowest BCUT2D eigenvalue weighted by atomic mass is 9.72. The second-order valence-electron chi connectivity index (χ2n) is 9.56. The van der Waals surface area contributed by atoms with Gasteiger partial charge in [-0.1, -0.05) is 18.2 Å². The van der Waals surface area contributed by atoms with Crippen LogP contribution in [0.15, 0.2) is 60.7 Å². The first kappa shape index (κ1) is 24.1. The maximum atomic E-state index is 15.3. The molecule has 0 aromatic heterocycles. The zero-order chi connectivity index (χ0) is 25.2. The van der Waals surface area contributed by atoms with Gasteiger partial charge in [0, 0.05) is 25.6 Å². The third kappa shape index (κ3) is 5.22. The Balaban J connectivity index is 1.57. The van der Waals surface area contributed by atoms with Gasteiger partial charge in [0.1, 0.15) is 11.5 Å². The molecule has 0 saturated carbocycles. The normalized spacial score (nSPS) is 14.9. The Morgan fingerprint density at radius 2 is 1.60 bits per heavy atom. The fraction of sp³-hybridized carbons (Fsp3) is 0.276. The van der Waals surface area contributed by atoms with Gasteiger partial charge in [-0.25, -0.2) is 8.78 Å². The van der Waals surface area contributed by atoms with Gasteiger partial charge < -0.3 is 0 Å². The molecule has 0 bridgehead atoms. The molecule has 1 heterocycles. The molecule has 3 aromatic rings. The quantitative estimate of drug-likeness (QED) is 0.442. The maximum absolute atomic E-state index is 15.3. The molecule has 0 aliphatic carbocycles. The monoisotopic (exact) mass is 466 g/mol. The predicted molar refractivity (Wildman–Crippen MR) is 129 cm³/mol. The van der Waals surface area contributed by atoms with Gasteiger partial charge in [0.25, 0.3) is 0 Å². The smallest absolute Gasteiger partial charge is 0.124 e. The first-order valence-electron chi connectivity index (χ1n) is 11.4. The van der Waals surface area contributed by atoms with Crippen molar-refractivity contribution in [3.8, 4) is 29.3 Å². The third-order valence-electron chi connectivity index (χ3n) is 6.54. The van der Waals surface area contributed by atoms with E-state index in [1.54, 1.807) is 24.3 Å². The highest BCUT2D eigenvalue weighted by molar-refractivity contribution is 5.70. The zero-order valence-corrected chi connectivity index (χ0v) is 19.6. The molecule has 1 aliphatic heterocycles. The number of hydrogen-bond acceptors (Lipinski definition) is 4. The van der Waals surface area contributed by atoms with Gasteiger partial charge in [-0.15, -0.1) is 0 Å². The molecule has 1 atom stereocenters. The van der Waals surface area contributed by atoms with E-state index in [1.165, 1.54) is 19.9 Å². The van der Waals surface area contributed by atoms with Crippen LogP contribution < -0.4 is 0 Å². The summed E-state index contributed by atoms with van der Waals surface area (Å²) in [6.07, 6.45) is 0. The van der Waals surface area contributed by atoms with Gasteiger partial charge in [-0.05, 0) is 84.5 Å². The molecule has 1 fully saturated rings. The number of likely N-dealkylation sites (tertiary alicyclic amines) is 1. The van der Waals surface area contributed by atoms with Gasteiger partial charge in [0.05, 0.1) is 34.9 Å². The van der Waals surface area contributed by atoms with Crippen molar-refractivity contribution in [2.24, 2.45) is 5.92 Å². The minimum atomic E-state index is -1.59. The van der Waals surface area contributed by atoms with E-state index < -0.39 is 17.4 Å². The SMILES string of the molecule is CC(C)(F)C(c1cc(F)cc(C#N)c1)C1CN(Cc2ccc(C#N)cc2-c2cccc(C#N)c2)C1. The van der Waals surface area contributed by atoms with Gasteiger partial charge in [0.2, 0.25) is 0 Å². The summed E-state index contributed by atoms with van der Waals surface area (Å²) < 4.78 is 29.4. The highest BCUT2D eigenvalue weighted by Gasteiger charge is 2.43. The van der Waals surface area contributed by atoms with E-state index in [0.717, 1.165) is 22.8 Å². The number of halogens is 2. The third-order valence-corrected chi connectivity index (χ3v) is 6.54. The Morgan fingerprint density at radius 3 is 2.26 bits per heavy atom. The second-order valence-corrected chi connectivity index (χ2v) is 9.56. The molecule has 4 rings (SSSR count). The lowest BCUT2D eigenvalue weighted by molar-refractivity contribution is 0.0213. The standard InChI is InChI=1S/C29H24F2N4/c1-29(2,31)28(24-9-21(15-34)10-26(30)12-24)25-17-35(18-25)16-23-7-6-20(14-33)11-27(23)22-5-3-4-19(8-22)13-32/h3-12,25,28H,16-18H2,1-2H3. The van der Waals surface area contributed by atoms with Crippen LogP contribution >= 0.6 is 0 Å². The van der Waals surface area contributed by atoms with Crippen molar-refractivity contribution in [3.63, 3.8) is 0 Å². The van der Waals surface area contributed by atoms with E-state index in [1.807, 2.05) is 30.3 Å². The summed E-state index contributed by atoms with van der Waals surface area (Å²) in [5, 5.41) is 27.9. The maximum Gasteiger partial charge on any atom is 0.124 e. The molecule has 1 aliphatic rings. The first-order valence-corrected chi connectivity index (χ1v) is 11.4. The Labute approximate surface area is 204 Å². The van der Waals surface area contributed by atoms with E-state index in [0.29, 0.717) is 36.3 Å². The van der Waals surface area contributed by atoms with Crippen molar-refractivity contribution >= 4 is 0 Å². The first-order chi connectivity index (χ1) is 16.7. The number of nitrogens with zero attached hydrogens (tertiary/aromatic N) is 4. The molecule has 1 saturated heterocycles. The minimum absolute atomic E-state index is 0.0351. The van der Waals surface area contributed by atoms with Gasteiger partial charge in [0.15, 0.2) is 0 Å². The Kier molecular flexibility index (Phi) is 6.65. The fourth-order valence-corrected chi connectivity index (χ4v) is 5.08. The summed E-state index contributed by atoms with van der Waals surface area (Å²) in [6.45, 7) is 4.83. The van der Waals surface area contributed by atoms with E-state index in [9.17, 15) is 20.2 Å². The number of benzene rings is 3. The van der Waals surface area contributed by atoms with Crippen LogP contribution in [0.5, 0.6) is 0 Å². The lowest BCUT2D eigenvalue weighted by Crippen LogP contribution is -2.52. The van der Waals surface area contributed by atoms with Crippen LogP contribution in [0.25, 0.3) is 11.1 Å². The van der Waals surface area contributed by atoms with Crippen LogP contribution in [-0.2, 0) is 6.54 Å². The van der Waals surface area contributed by atoms with Gasteiger partial charge in [-0.2, -0.15) is 15.8 Å². The van der Waals surface area contributed by atoms with Gasteiger partial charge >= 0.3 is 0 Å². The molecule has 0 spiro atoms. The Hall–Kier alpha value is -4.05. The predicted octanol–water partition coefficient (Wildman–Crippen LogP) is 6.07. The molecule has 174 valence electrons. The molecule has 35 heavy (non-hydrogen) atoms. The van der Waals surface area contributed by atoms with E-state index in [-0.39, 0.29) is 11.5 Å². The molecule has 3 aromatic carbocycles. The number of hydrogen-bond donors (Lipinski definition) is 0. The Bertz CT molecular complexity index is 1380. The summed E-state index contributed by atoms with van der Waals surface area (Å²) in [5.74, 6) is -1.12. The Morgan fingerprint density at radius 1 is 0.914 bits per heavy atom. The molecular formula is C29H24F2N4. The van der Waals surface area contributed by atoms with Crippen LogP contribution in [0.4, 0.5) is 8.78 Å². The molecule has 0 amide bonds. The molecular weight excluding hydrogens is 442 g/mol. The van der Waals surface area contributed by atoms with Crippen molar-refractivity contribution < 1.29 is 8.78 Å². The summed E-state index contributed by atoms with van der Waals surface area (Å²) in [7, 11) is 0. The number of rotatable bonds is 6. The molecule has 0 N–H and O–H groups in total. The average Bonchev–Trinajstić information content (AvgIpc) is 2.81. The summed E-state index contributed by atoms with van der Waals surface area (Å²) in [5.41, 5.74) is 2.93. The highest BCUT2D eigenvalue weighted by Crippen LogP contribution is 2.43. The van der Waals surface area contributed by atoms with Gasteiger partial charge in [-0.3, -0.25) is 4.90 Å². The molecule has 0 radical (unpaired) electrons. The van der Waals surface area contributed by atoms with Crippen LogP contribution in [-0.4, -0.2) is 23.7 Å². The fourth-order valence-electron chi connectivity index (χ4n) is 5.08. The van der Waals surface area contributed by atoms with E-state index in [2.05, 4.69) is 17.0 Å². The summed E-state index contributed by atoms with van der Waals surface area (Å²) in [4.78, 5) is 2.19. The molecule has 4 nitrogen and oxygen atoms in total. The molecule has 6 heteroatoms. The second kappa shape index (κ2) is 9.67. The van der Waals surface area contributed by atoms with Crippen molar-refractivity contribution in [1.29, 1.82) is 15.8 Å². The van der Waals surface area contributed by atoms with Crippen molar-refractivity contribution in [2.75, 3.05) is 13.1 Å². The van der Waals surface area contributed by atoms with Crippen LogP contribution in [0.2, 0.25) is 0 Å².